The smallest absolute Gasteiger partial charge is 0.256 e. The zero-order valence-electron chi connectivity index (χ0n) is 14.5. The van der Waals surface area contributed by atoms with Crippen LogP contribution in [-0.4, -0.2) is 49.3 Å². The monoisotopic (exact) mass is 349 g/mol. The predicted molar refractivity (Wildman–Crippen MR) is 98.3 cm³/mol. The first-order chi connectivity index (χ1) is 12.6. The Bertz CT molecular complexity index is 909. The Labute approximate surface area is 151 Å². The number of para-hydroxylation sites is 2. The molecule has 0 aromatic heterocycles. The van der Waals surface area contributed by atoms with Gasteiger partial charge in [0.1, 0.15) is 13.1 Å². The molecule has 0 aliphatic carbocycles. The van der Waals surface area contributed by atoms with Gasteiger partial charge in [-0.1, -0.05) is 30.3 Å². The number of nitrogens with zero attached hydrogens (tertiary/aromatic N) is 3. The lowest BCUT2D eigenvalue weighted by atomic mass is 10.1. The van der Waals surface area contributed by atoms with Crippen molar-refractivity contribution in [1.29, 1.82) is 0 Å². The van der Waals surface area contributed by atoms with Crippen molar-refractivity contribution < 1.29 is 14.4 Å². The van der Waals surface area contributed by atoms with Crippen LogP contribution in [0.4, 0.5) is 11.4 Å². The summed E-state index contributed by atoms with van der Waals surface area (Å²) in [6.07, 6.45) is 0.813. The Morgan fingerprint density at radius 2 is 1.69 bits per heavy atom. The van der Waals surface area contributed by atoms with Gasteiger partial charge in [0.2, 0.25) is 11.8 Å². The molecule has 0 N–H and O–H groups in total. The van der Waals surface area contributed by atoms with Crippen molar-refractivity contribution in [3.05, 3.63) is 59.7 Å². The number of hydrogen-bond acceptors (Lipinski definition) is 3. The van der Waals surface area contributed by atoms with Crippen molar-refractivity contribution in [3.63, 3.8) is 0 Å². The van der Waals surface area contributed by atoms with Gasteiger partial charge < -0.3 is 14.7 Å². The summed E-state index contributed by atoms with van der Waals surface area (Å²) >= 11 is 0. The third-order valence-electron chi connectivity index (χ3n) is 4.93. The number of carbonyl (C=O) groups is 3. The fraction of sp³-hybridized carbons (Fsp3) is 0.250. The topological polar surface area (TPSA) is 60.9 Å². The van der Waals surface area contributed by atoms with Crippen molar-refractivity contribution in [2.75, 3.05) is 36.5 Å². The van der Waals surface area contributed by atoms with E-state index in [-0.39, 0.29) is 30.8 Å². The van der Waals surface area contributed by atoms with E-state index in [0.29, 0.717) is 17.8 Å². The molecule has 0 saturated heterocycles. The van der Waals surface area contributed by atoms with E-state index in [2.05, 4.69) is 0 Å². The summed E-state index contributed by atoms with van der Waals surface area (Å²) in [6, 6.07) is 14.8. The molecule has 2 aromatic carbocycles. The van der Waals surface area contributed by atoms with Gasteiger partial charge in [0.15, 0.2) is 0 Å². The average molecular weight is 349 g/mol. The Hall–Kier alpha value is -3.15. The van der Waals surface area contributed by atoms with Gasteiger partial charge in [-0.05, 0) is 30.2 Å². The van der Waals surface area contributed by atoms with Gasteiger partial charge in [-0.3, -0.25) is 14.4 Å². The van der Waals surface area contributed by atoms with Gasteiger partial charge in [-0.25, -0.2) is 0 Å². The van der Waals surface area contributed by atoms with Crippen LogP contribution in [0.2, 0.25) is 0 Å². The van der Waals surface area contributed by atoms with E-state index < -0.39 is 0 Å². The van der Waals surface area contributed by atoms with Crippen LogP contribution in [-0.2, 0) is 16.0 Å². The van der Waals surface area contributed by atoms with E-state index >= 15 is 0 Å². The molecule has 0 saturated carbocycles. The second kappa shape index (κ2) is 6.29. The molecule has 2 heterocycles. The molecule has 3 amide bonds. The van der Waals surface area contributed by atoms with E-state index in [1.165, 1.54) is 9.80 Å². The highest BCUT2D eigenvalue weighted by molar-refractivity contribution is 6.12. The molecule has 26 heavy (non-hydrogen) atoms. The summed E-state index contributed by atoms with van der Waals surface area (Å²) in [6.45, 7) is 0.489. The minimum Gasteiger partial charge on any atom is -0.332 e. The Balaban J connectivity index is 1.65. The lowest BCUT2D eigenvalue weighted by Gasteiger charge is -2.25. The van der Waals surface area contributed by atoms with Gasteiger partial charge in [-0.15, -0.1) is 0 Å². The molecule has 4 rings (SSSR count). The molecule has 2 aliphatic heterocycles. The van der Waals surface area contributed by atoms with E-state index in [0.717, 1.165) is 17.7 Å². The van der Waals surface area contributed by atoms with Crippen LogP contribution in [0.5, 0.6) is 0 Å². The predicted octanol–water partition coefficient (Wildman–Crippen LogP) is 1.69. The molecule has 2 aliphatic rings. The number of carbonyl (C=O) groups excluding carboxylic acids is 3. The minimum atomic E-state index is -0.258. The maximum absolute atomic E-state index is 12.9. The maximum Gasteiger partial charge on any atom is 0.256 e. The maximum atomic E-state index is 12.9. The Morgan fingerprint density at radius 3 is 2.50 bits per heavy atom. The average Bonchev–Trinajstić information content (AvgIpc) is 3.06. The van der Waals surface area contributed by atoms with Crippen molar-refractivity contribution in [1.82, 2.24) is 4.90 Å². The van der Waals surface area contributed by atoms with Gasteiger partial charge in [0, 0.05) is 19.3 Å². The number of rotatable bonds is 2. The SMILES string of the molecule is CN1CC(=O)N(CC(=O)N2CCc3ccccc32)c2ccccc2C1=O. The molecule has 0 unspecified atom stereocenters. The molecule has 0 atom stereocenters. The molecule has 0 fully saturated rings. The van der Waals surface area contributed by atoms with Crippen LogP contribution in [0, 0.1) is 0 Å². The van der Waals surface area contributed by atoms with Gasteiger partial charge in [0.25, 0.3) is 5.91 Å². The summed E-state index contributed by atoms with van der Waals surface area (Å²) in [5, 5.41) is 0. The molecule has 6 nitrogen and oxygen atoms in total. The zero-order valence-corrected chi connectivity index (χ0v) is 14.5. The highest BCUT2D eigenvalue weighted by atomic mass is 16.2. The van der Waals surface area contributed by atoms with Crippen LogP contribution < -0.4 is 9.80 Å². The van der Waals surface area contributed by atoms with Crippen molar-refractivity contribution >= 4 is 29.1 Å². The van der Waals surface area contributed by atoms with Gasteiger partial charge in [-0.2, -0.15) is 0 Å². The number of fused-ring (bicyclic) bond motifs is 2. The molecule has 0 radical (unpaired) electrons. The first kappa shape index (κ1) is 16.3. The highest BCUT2D eigenvalue weighted by Crippen LogP contribution is 2.29. The fourth-order valence-electron chi connectivity index (χ4n) is 3.58. The van der Waals surface area contributed by atoms with Crippen LogP contribution >= 0.6 is 0 Å². The van der Waals surface area contributed by atoms with Gasteiger partial charge >= 0.3 is 0 Å². The van der Waals surface area contributed by atoms with Crippen molar-refractivity contribution in [2.24, 2.45) is 0 Å². The first-order valence-corrected chi connectivity index (χ1v) is 8.59. The van der Waals surface area contributed by atoms with Crippen LogP contribution in [0.25, 0.3) is 0 Å². The molecule has 0 bridgehead atoms. The number of benzene rings is 2. The molecule has 0 spiro atoms. The third kappa shape index (κ3) is 2.63. The Morgan fingerprint density at radius 1 is 1.00 bits per heavy atom. The summed E-state index contributed by atoms with van der Waals surface area (Å²) in [4.78, 5) is 42.7. The largest absolute Gasteiger partial charge is 0.332 e. The van der Waals surface area contributed by atoms with Crippen LogP contribution in [0.3, 0.4) is 0 Å². The standard InChI is InChI=1S/C20H19N3O3/c1-21-12-18(24)23(17-9-5-3-7-15(17)20(21)26)13-19(25)22-11-10-14-6-2-4-8-16(14)22/h2-9H,10-13H2,1H3. The Kier molecular flexibility index (Phi) is 3.95. The van der Waals surface area contributed by atoms with Gasteiger partial charge in [0.05, 0.1) is 11.3 Å². The van der Waals surface area contributed by atoms with Crippen molar-refractivity contribution in [2.45, 2.75) is 6.42 Å². The van der Waals surface area contributed by atoms with Crippen molar-refractivity contribution in [3.8, 4) is 0 Å². The second-order valence-corrected chi connectivity index (χ2v) is 6.58. The van der Waals surface area contributed by atoms with E-state index in [9.17, 15) is 14.4 Å². The van der Waals surface area contributed by atoms with E-state index in [1.54, 1.807) is 36.2 Å². The summed E-state index contributed by atoms with van der Waals surface area (Å²) in [7, 11) is 1.60. The lowest BCUT2D eigenvalue weighted by molar-refractivity contribution is -0.122. The molecular weight excluding hydrogens is 330 g/mol. The number of amides is 3. The quantitative estimate of drug-likeness (QED) is 0.829. The summed E-state index contributed by atoms with van der Waals surface area (Å²) in [5.41, 5.74) is 2.97. The lowest BCUT2D eigenvalue weighted by Crippen LogP contribution is -2.44. The summed E-state index contributed by atoms with van der Waals surface area (Å²) in [5.74, 6) is -0.614. The highest BCUT2D eigenvalue weighted by Gasteiger charge is 2.33. The molecule has 6 heteroatoms. The van der Waals surface area contributed by atoms with E-state index in [4.69, 9.17) is 0 Å². The van der Waals surface area contributed by atoms with Crippen LogP contribution in [0.1, 0.15) is 15.9 Å². The fourth-order valence-corrected chi connectivity index (χ4v) is 3.58. The summed E-state index contributed by atoms with van der Waals surface area (Å²) < 4.78 is 0. The molecule has 2 aromatic rings. The molecule has 132 valence electrons. The first-order valence-electron chi connectivity index (χ1n) is 8.59. The normalized spacial score (nSPS) is 16.4. The van der Waals surface area contributed by atoms with Crippen LogP contribution in [0.15, 0.2) is 48.5 Å². The molecular formula is C20H19N3O3. The zero-order chi connectivity index (χ0) is 18.3. The second-order valence-electron chi connectivity index (χ2n) is 6.58. The number of hydrogen-bond donors (Lipinski definition) is 0. The minimum absolute atomic E-state index is 0.0443. The third-order valence-corrected chi connectivity index (χ3v) is 4.93. The number of likely N-dealkylation sites (N-methyl/N-ethyl adjacent to an activating group) is 1. The van der Waals surface area contributed by atoms with E-state index in [1.807, 2.05) is 24.3 Å². The number of anilines is 2.